The lowest BCUT2D eigenvalue weighted by Gasteiger charge is -1.74. The molecule has 0 bridgehead atoms. The molecule has 0 unspecified atom stereocenters. The van der Waals surface area contributed by atoms with Crippen molar-refractivity contribution in [3.8, 4) is 0 Å². The van der Waals surface area contributed by atoms with Crippen molar-refractivity contribution in [1.82, 2.24) is 0 Å². The molecule has 1 heteroatoms. The molecule has 0 aliphatic heterocycles. The first-order valence-electron chi connectivity index (χ1n) is 2.40. The topological polar surface area (TPSA) is 12.4 Å². The Labute approximate surface area is 39.1 Å². The van der Waals surface area contributed by atoms with Crippen LogP contribution in [-0.2, 0) is 0 Å². The van der Waals surface area contributed by atoms with Gasteiger partial charge in [0.2, 0.25) is 0 Å². The zero-order valence-corrected chi connectivity index (χ0v) is 4.44. The van der Waals surface area contributed by atoms with Crippen LogP contribution in [0.5, 0.6) is 0 Å². The lowest BCUT2D eigenvalue weighted by atomic mass is 10.5. The molecule has 0 aromatic carbocycles. The minimum atomic E-state index is 0.924. The highest BCUT2D eigenvalue weighted by atomic mass is 14.7. The average Bonchev–Trinajstić information content (AvgIpc) is 1.61. The monoisotopic (exact) mass is 85.1 g/mol. The Morgan fingerprint density at radius 3 is 2.33 bits per heavy atom. The molecule has 0 aliphatic carbocycles. The minimum absolute atomic E-state index is 0.924. The summed E-state index contributed by atoms with van der Waals surface area (Å²) in [6.07, 6.45) is 2.99. The van der Waals surface area contributed by atoms with E-state index in [0.717, 1.165) is 13.0 Å². The summed E-state index contributed by atoms with van der Waals surface area (Å²) in [5.41, 5.74) is 0. The van der Waals surface area contributed by atoms with Gasteiger partial charge in [0, 0.05) is 6.54 Å². The predicted octanol–water partition coefficient (Wildman–Crippen LogP) is 1.49. The van der Waals surface area contributed by atoms with Gasteiger partial charge in [-0.25, -0.2) is 0 Å². The summed E-state index contributed by atoms with van der Waals surface area (Å²) in [5, 5.41) is 0. The van der Waals surface area contributed by atoms with Crippen molar-refractivity contribution < 1.29 is 0 Å². The van der Waals surface area contributed by atoms with Crippen LogP contribution in [0, 0.1) is 0 Å². The first-order valence-corrected chi connectivity index (χ1v) is 2.40. The van der Waals surface area contributed by atoms with Gasteiger partial charge in [0.1, 0.15) is 0 Å². The largest absolute Gasteiger partial charge is 0.298 e. The van der Waals surface area contributed by atoms with Gasteiger partial charge in [-0.15, -0.1) is 0 Å². The summed E-state index contributed by atoms with van der Waals surface area (Å²) in [7, 11) is 0. The molecular weight excluding hydrogens is 74.1 g/mol. The Morgan fingerprint density at radius 2 is 2.17 bits per heavy atom. The highest BCUT2D eigenvalue weighted by Gasteiger charge is 1.59. The number of hydrogen-bond acceptors (Lipinski definition) is 1. The van der Waals surface area contributed by atoms with Crippen LogP contribution in [0.4, 0.5) is 0 Å². The van der Waals surface area contributed by atoms with Gasteiger partial charge in [0.15, 0.2) is 0 Å². The van der Waals surface area contributed by atoms with Crippen LogP contribution in [0.2, 0.25) is 0 Å². The van der Waals surface area contributed by atoms with E-state index in [1.807, 2.05) is 13.1 Å². The lowest BCUT2D eigenvalue weighted by Crippen LogP contribution is -1.68. The second-order valence-corrected chi connectivity index (χ2v) is 1.09. The molecule has 0 aliphatic rings. The van der Waals surface area contributed by atoms with E-state index in [4.69, 9.17) is 0 Å². The molecule has 6 heavy (non-hydrogen) atoms. The van der Waals surface area contributed by atoms with Crippen LogP contribution in [0.1, 0.15) is 20.3 Å². The quantitative estimate of drug-likeness (QED) is 0.450. The Kier molecular flexibility index (Phi) is 4.41. The fourth-order valence-corrected chi connectivity index (χ4v) is 0.258. The van der Waals surface area contributed by atoms with E-state index >= 15 is 0 Å². The molecule has 0 radical (unpaired) electrons. The molecule has 0 spiro atoms. The number of rotatable bonds is 2. The highest BCUT2D eigenvalue weighted by Crippen LogP contribution is 1.66. The number of aliphatic imine (C=N–C) groups is 1. The fraction of sp³-hybridized carbons (Fsp3) is 0.800. The molecule has 1 nitrogen and oxygen atoms in total. The van der Waals surface area contributed by atoms with E-state index in [1.54, 1.807) is 0 Å². The summed E-state index contributed by atoms with van der Waals surface area (Å²) in [6, 6.07) is 0. The Balaban J connectivity index is 2.73. The second kappa shape index (κ2) is 4.67. The van der Waals surface area contributed by atoms with Gasteiger partial charge in [-0.2, -0.15) is 0 Å². The van der Waals surface area contributed by atoms with Crippen LogP contribution in [0.25, 0.3) is 0 Å². The van der Waals surface area contributed by atoms with Gasteiger partial charge in [-0.1, -0.05) is 6.92 Å². The van der Waals surface area contributed by atoms with Crippen LogP contribution >= 0.6 is 0 Å². The summed E-state index contributed by atoms with van der Waals surface area (Å²) in [6.45, 7) is 5.04. The van der Waals surface area contributed by atoms with Crippen molar-refractivity contribution in [3.05, 3.63) is 0 Å². The third kappa shape index (κ3) is 3.67. The maximum absolute atomic E-state index is 3.97. The van der Waals surface area contributed by atoms with Gasteiger partial charge < -0.3 is 0 Å². The van der Waals surface area contributed by atoms with Gasteiger partial charge in [0.05, 0.1) is 0 Å². The maximum atomic E-state index is 3.97. The van der Waals surface area contributed by atoms with Crippen molar-refractivity contribution in [2.75, 3.05) is 6.54 Å². The molecule has 0 heterocycles. The van der Waals surface area contributed by atoms with Gasteiger partial charge in [0.25, 0.3) is 0 Å². The van der Waals surface area contributed by atoms with E-state index in [2.05, 4.69) is 11.9 Å². The SMILES string of the molecule is CC/C=N\CC. The first kappa shape index (κ1) is 5.67. The van der Waals surface area contributed by atoms with Crippen molar-refractivity contribution >= 4 is 6.21 Å². The van der Waals surface area contributed by atoms with E-state index in [0.29, 0.717) is 0 Å². The summed E-state index contributed by atoms with van der Waals surface area (Å²) >= 11 is 0. The molecule has 0 rings (SSSR count). The maximum Gasteiger partial charge on any atom is 0.0357 e. The van der Waals surface area contributed by atoms with E-state index in [-0.39, 0.29) is 0 Å². The molecular formula is C5H11N. The summed E-state index contributed by atoms with van der Waals surface area (Å²) in [5.74, 6) is 0. The third-order valence-electron chi connectivity index (χ3n) is 0.494. The number of hydrogen-bond donors (Lipinski definition) is 0. The third-order valence-corrected chi connectivity index (χ3v) is 0.494. The zero-order chi connectivity index (χ0) is 4.83. The molecule has 36 valence electrons. The van der Waals surface area contributed by atoms with Gasteiger partial charge in [-0.3, -0.25) is 4.99 Å². The summed E-state index contributed by atoms with van der Waals surface area (Å²) < 4.78 is 0. The van der Waals surface area contributed by atoms with Crippen LogP contribution in [0.15, 0.2) is 4.99 Å². The van der Waals surface area contributed by atoms with Crippen molar-refractivity contribution in [1.29, 1.82) is 0 Å². The second-order valence-electron chi connectivity index (χ2n) is 1.09. The summed E-state index contributed by atoms with van der Waals surface area (Å²) in [4.78, 5) is 3.97. The van der Waals surface area contributed by atoms with Gasteiger partial charge in [-0.05, 0) is 19.6 Å². The standard InChI is InChI=1S/C5H11N/c1-3-5-6-4-2/h5H,3-4H2,1-2H3/b6-5-. The first-order chi connectivity index (χ1) is 2.91. The van der Waals surface area contributed by atoms with Crippen LogP contribution < -0.4 is 0 Å². The van der Waals surface area contributed by atoms with Crippen LogP contribution in [-0.4, -0.2) is 12.8 Å². The smallest absolute Gasteiger partial charge is 0.0357 e. The van der Waals surface area contributed by atoms with E-state index in [1.165, 1.54) is 0 Å². The Hall–Kier alpha value is -0.330. The average molecular weight is 85.1 g/mol. The van der Waals surface area contributed by atoms with Crippen molar-refractivity contribution in [2.24, 2.45) is 4.99 Å². The molecule has 0 saturated heterocycles. The molecule has 0 aromatic rings. The molecule has 0 N–H and O–H groups in total. The molecule has 0 fully saturated rings. The van der Waals surface area contributed by atoms with Gasteiger partial charge >= 0.3 is 0 Å². The molecule has 0 atom stereocenters. The predicted molar refractivity (Wildman–Crippen MR) is 29.3 cm³/mol. The fourth-order valence-electron chi connectivity index (χ4n) is 0.258. The van der Waals surface area contributed by atoms with E-state index in [9.17, 15) is 0 Å². The lowest BCUT2D eigenvalue weighted by molar-refractivity contribution is 1.12. The van der Waals surface area contributed by atoms with Crippen LogP contribution in [0.3, 0.4) is 0 Å². The molecule has 0 amide bonds. The Bertz CT molecular complexity index is 33.2. The highest BCUT2D eigenvalue weighted by molar-refractivity contribution is 5.56. The zero-order valence-electron chi connectivity index (χ0n) is 4.44. The minimum Gasteiger partial charge on any atom is -0.298 e. The molecule has 0 aromatic heterocycles. The molecule has 0 saturated carbocycles. The van der Waals surface area contributed by atoms with Crippen molar-refractivity contribution in [2.45, 2.75) is 20.3 Å². The normalized spacial score (nSPS) is 10.3. The van der Waals surface area contributed by atoms with Crippen molar-refractivity contribution in [3.63, 3.8) is 0 Å². The van der Waals surface area contributed by atoms with E-state index < -0.39 is 0 Å². The number of nitrogens with zero attached hydrogens (tertiary/aromatic N) is 1. The Morgan fingerprint density at radius 1 is 1.50 bits per heavy atom.